The zero-order valence-electron chi connectivity index (χ0n) is 6.46. The van der Waals surface area contributed by atoms with Gasteiger partial charge in [0.15, 0.2) is 0 Å². The largest absolute Gasteiger partial charge is 0.368 e. The van der Waals surface area contributed by atoms with Gasteiger partial charge < -0.3 is 11.5 Å². The van der Waals surface area contributed by atoms with E-state index in [1.165, 1.54) is 13.8 Å². The third-order valence-electron chi connectivity index (χ3n) is 1.12. The van der Waals surface area contributed by atoms with Gasteiger partial charge in [0.1, 0.15) is 5.54 Å². The van der Waals surface area contributed by atoms with Crippen molar-refractivity contribution >= 4 is 11.9 Å². The Labute approximate surface area is 64.2 Å². The highest BCUT2D eigenvalue weighted by molar-refractivity contribution is 5.88. The van der Waals surface area contributed by atoms with Crippen LogP contribution in [0, 0.1) is 0 Å². The molecule has 0 aliphatic carbocycles. The summed E-state index contributed by atoms with van der Waals surface area (Å²) in [6.45, 7) is 2.97. The Balaban J connectivity index is 4.46. The number of rotatable bonds is 2. The van der Waals surface area contributed by atoms with Crippen molar-refractivity contribution in [2.45, 2.75) is 19.4 Å². The fourth-order valence-electron chi connectivity index (χ4n) is 0.381. The molecule has 6 heteroatoms. The molecule has 0 aliphatic heterocycles. The average molecular weight is 160 g/mol. The van der Waals surface area contributed by atoms with Crippen molar-refractivity contribution in [3.05, 3.63) is 0 Å². The van der Waals surface area contributed by atoms with E-state index in [1.807, 2.05) is 0 Å². The summed E-state index contributed by atoms with van der Waals surface area (Å²) >= 11 is 0. The van der Waals surface area contributed by atoms with Gasteiger partial charge in [-0.2, -0.15) is 0 Å². The lowest BCUT2D eigenvalue weighted by atomic mass is 10.1. The average Bonchev–Trinajstić information content (AvgIpc) is 1.86. The molecule has 0 unspecified atom stereocenters. The van der Waals surface area contributed by atoms with E-state index in [4.69, 9.17) is 16.7 Å². The molecule has 0 aliphatic rings. The number of nitrogens with zero attached hydrogens (tertiary/aromatic N) is 1. The molecule has 0 aromatic rings. The Hall–Kier alpha value is -1.30. The van der Waals surface area contributed by atoms with E-state index in [9.17, 15) is 4.79 Å². The Kier molecular flexibility index (Phi) is 2.82. The Morgan fingerprint density at radius 2 is 2.00 bits per heavy atom. The number of guanidine groups is 1. The minimum Gasteiger partial charge on any atom is -0.368 e. The minimum absolute atomic E-state index is 0.242. The van der Waals surface area contributed by atoms with Gasteiger partial charge in [-0.1, -0.05) is 0 Å². The van der Waals surface area contributed by atoms with E-state index < -0.39 is 11.4 Å². The highest BCUT2D eigenvalue weighted by atomic mass is 16.5. The molecular formula is C5H12N4O2. The molecule has 6 nitrogen and oxygen atoms in total. The van der Waals surface area contributed by atoms with Crippen molar-refractivity contribution in [3.8, 4) is 0 Å². The molecule has 0 saturated carbocycles. The lowest BCUT2D eigenvalue weighted by Gasteiger charge is -2.14. The van der Waals surface area contributed by atoms with E-state index in [2.05, 4.69) is 4.99 Å². The maximum atomic E-state index is 10.6. The molecule has 0 fully saturated rings. The van der Waals surface area contributed by atoms with E-state index >= 15 is 0 Å². The third kappa shape index (κ3) is 2.85. The van der Waals surface area contributed by atoms with Crippen molar-refractivity contribution < 1.29 is 10.0 Å². The molecule has 0 heterocycles. The van der Waals surface area contributed by atoms with Crippen LogP contribution in [0.4, 0.5) is 0 Å². The molecule has 0 radical (unpaired) electrons. The summed E-state index contributed by atoms with van der Waals surface area (Å²) in [5.41, 5.74) is 10.5. The number of nitrogens with one attached hydrogen (secondary N) is 1. The number of carbonyl (C=O) groups excluding carboxylic acids is 1. The van der Waals surface area contributed by atoms with Gasteiger partial charge in [0.05, 0.1) is 0 Å². The summed E-state index contributed by atoms with van der Waals surface area (Å²) in [6.07, 6.45) is 0. The van der Waals surface area contributed by atoms with Crippen LogP contribution >= 0.6 is 0 Å². The van der Waals surface area contributed by atoms with Gasteiger partial charge in [-0.25, -0.2) is 10.5 Å². The predicted octanol–water partition coefficient (Wildman–Crippen LogP) is -1.46. The summed E-state index contributed by atoms with van der Waals surface area (Å²) in [5, 5.41) is 8.22. The van der Waals surface area contributed by atoms with Gasteiger partial charge in [-0.15, -0.1) is 0 Å². The second-order valence-corrected chi connectivity index (χ2v) is 2.53. The fourth-order valence-corrected chi connectivity index (χ4v) is 0.381. The van der Waals surface area contributed by atoms with Crippen molar-refractivity contribution in [3.63, 3.8) is 0 Å². The summed E-state index contributed by atoms with van der Waals surface area (Å²) in [5.74, 6) is -0.857. The quantitative estimate of drug-likeness (QED) is 0.224. The number of carbonyl (C=O) groups is 1. The standard InChI is InChI=1S/C5H12N4O2/c1-5(2,3(6)10)8-4(7)9-11/h11H,1-2H3,(H2,6,10)(H3,7,8,9). The first kappa shape index (κ1) is 9.70. The molecule has 1 amide bonds. The smallest absolute Gasteiger partial charge is 0.244 e. The zero-order valence-corrected chi connectivity index (χ0v) is 6.46. The Morgan fingerprint density at radius 3 is 2.27 bits per heavy atom. The van der Waals surface area contributed by atoms with Crippen molar-refractivity contribution in [1.82, 2.24) is 5.48 Å². The molecule has 0 saturated heterocycles. The molecule has 6 N–H and O–H groups in total. The zero-order chi connectivity index (χ0) is 9.07. The van der Waals surface area contributed by atoms with Crippen LogP contribution in [-0.2, 0) is 4.79 Å². The summed E-state index contributed by atoms with van der Waals surface area (Å²) < 4.78 is 0. The van der Waals surface area contributed by atoms with Crippen LogP contribution in [0.25, 0.3) is 0 Å². The normalized spacial score (nSPS) is 12.8. The molecule has 0 spiro atoms. The third-order valence-corrected chi connectivity index (χ3v) is 1.12. The Morgan fingerprint density at radius 1 is 1.55 bits per heavy atom. The van der Waals surface area contributed by atoms with Crippen LogP contribution in [0.3, 0.4) is 0 Å². The lowest BCUT2D eigenvalue weighted by molar-refractivity contribution is -0.121. The summed E-state index contributed by atoms with van der Waals surface area (Å²) in [6, 6.07) is 0. The summed E-state index contributed by atoms with van der Waals surface area (Å²) in [7, 11) is 0. The lowest BCUT2D eigenvalue weighted by Crippen LogP contribution is -2.41. The van der Waals surface area contributed by atoms with E-state index in [1.54, 1.807) is 5.48 Å². The van der Waals surface area contributed by atoms with Crippen molar-refractivity contribution in [1.29, 1.82) is 0 Å². The van der Waals surface area contributed by atoms with Crippen LogP contribution in [-0.4, -0.2) is 22.6 Å². The predicted molar refractivity (Wildman–Crippen MR) is 39.8 cm³/mol. The van der Waals surface area contributed by atoms with Gasteiger partial charge in [-0.3, -0.25) is 10.0 Å². The van der Waals surface area contributed by atoms with Gasteiger partial charge in [-0.05, 0) is 13.8 Å². The van der Waals surface area contributed by atoms with Gasteiger partial charge in [0.25, 0.3) is 0 Å². The number of aliphatic imine (C=N–C) groups is 1. The first-order chi connectivity index (χ1) is 4.90. The number of hydrogen-bond acceptors (Lipinski definition) is 3. The highest BCUT2D eigenvalue weighted by Crippen LogP contribution is 2.06. The molecule has 11 heavy (non-hydrogen) atoms. The molecule has 64 valence electrons. The SMILES string of the molecule is CC(C)(N=C(N)NO)C(N)=O. The molecular weight excluding hydrogens is 148 g/mol. The molecule has 0 bridgehead atoms. The maximum Gasteiger partial charge on any atom is 0.244 e. The van der Waals surface area contributed by atoms with Crippen LogP contribution < -0.4 is 16.9 Å². The fraction of sp³-hybridized carbons (Fsp3) is 0.600. The van der Waals surface area contributed by atoms with Crippen LogP contribution in [0.1, 0.15) is 13.8 Å². The molecule has 0 aromatic carbocycles. The monoisotopic (exact) mass is 160 g/mol. The molecule has 0 rings (SSSR count). The number of nitrogens with two attached hydrogens (primary N) is 2. The molecule has 0 atom stereocenters. The number of hydroxylamine groups is 1. The van der Waals surface area contributed by atoms with Crippen molar-refractivity contribution in [2.75, 3.05) is 0 Å². The first-order valence-electron chi connectivity index (χ1n) is 2.95. The number of hydrogen-bond donors (Lipinski definition) is 4. The minimum atomic E-state index is -1.10. The van der Waals surface area contributed by atoms with E-state index in [0.29, 0.717) is 0 Å². The number of amides is 1. The van der Waals surface area contributed by atoms with Crippen LogP contribution in [0.2, 0.25) is 0 Å². The summed E-state index contributed by atoms with van der Waals surface area (Å²) in [4.78, 5) is 14.2. The first-order valence-corrected chi connectivity index (χ1v) is 2.95. The second kappa shape index (κ2) is 3.20. The van der Waals surface area contributed by atoms with Crippen LogP contribution in [0.15, 0.2) is 4.99 Å². The number of primary amides is 1. The maximum absolute atomic E-state index is 10.6. The topological polar surface area (TPSA) is 114 Å². The van der Waals surface area contributed by atoms with Gasteiger partial charge in [0, 0.05) is 0 Å². The molecule has 0 aromatic heterocycles. The highest BCUT2D eigenvalue weighted by Gasteiger charge is 2.23. The second-order valence-electron chi connectivity index (χ2n) is 2.53. The van der Waals surface area contributed by atoms with Crippen molar-refractivity contribution in [2.24, 2.45) is 16.5 Å². The van der Waals surface area contributed by atoms with Gasteiger partial charge >= 0.3 is 0 Å². The van der Waals surface area contributed by atoms with Gasteiger partial charge in [0.2, 0.25) is 11.9 Å². The van der Waals surface area contributed by atoms with E-state index in [-0.39, 0.29) is 5.96 Å². The Bertz CT molecular complexity index is 187. The van der Waals surface area contributed by atoms with Crippen LogP contribution in [0.5, 0.6) is 0 Å². The van der Waals surface area contributed by atoms with E-state index in [0.717, 1.165) is 0 Å².